The maximum Gasteiger partial charge on any atom is 0.258 e. The molecule has 0 aliphatic rings. The fourth-order valence-electron chi connectivity index (χ4n) is 3.44. The van der Waals surface area contributed by atoms with E-state index in [0.29, 0.717) is 6.29 Å². The lowest BCUT2D eigenvalue weighted by atomic mass is 10.1. The largest absolute Gasteiger partial charge is 0.541 e. The van der Waals surface area contributed by atoms with Crippen molar-refractivity contribution in [2.24, 2.45) is 0 Å². The normalized spacial score (nSPS) is 12.3. The van der Waals surface area contributed by atoms with Crippen molar-refractivity contribution in [2.45, 2.75) is 64.6 Å². The van der Waals surface area contributed by atoms with Crippen LogP contribution in [0.2, 0.25) is 16.6 Å². The smallest absolute Gasteiger partial charge is 0.258 e. The van der Waals surface area contributed by atoms with E-state index >= 15 is 0 Å². The lowest BCUT2D eigenvalue weighted by Crippen LogP contribution is -2.50. The lowest BCUT2D eigenvalue weighted by molar-refractivity contribution is -0.107. The topological polar surface area (TPSA) is 26.3 Å². The number of carbonyl (C=O) groups excluding carboxylic acids is 1. The number of aldehydes is 1. The first-order chi connectivity index (χ1) is 10.2. The summed E-state index contributed by atoms with van der Waals surface area (Å²) in [5.41, 5.74) is 0.865. The van der Waals surface area contributed by atoms with Crippen LogP contribution in [0.3, 0.4) is 0 Å². The number of carbonyl (C=O) groups is 1. The molecule has 5 heteroatoms. The van der Waals surface area contributed by atoms with Crippen LogP contribution < -0.4 is 4.43 Å². The van der Waals surface area contributed by atoms with E-state index in [1.165, 1.54) is 0 Å². The number of halogens is 2. The minimum atomic E-state index is -2.33. The van der Waals surface area contributed by atoms with Gasteiger partial charge in [-0.1, -0.05) is 41.5 Å². The second kappa shape index (κ2) is 7.35. The molecule has 0 heterocycles. The Labute approximate surface area is 133 Å². The Morgan fingerprint density at radius 1 is 1.00 bits per heavy atom. The van der Waals surface area contributed by atoms with Gasteiger partial charge in [-0.3, -0.25) is 0 Å². The Balaban J connectivity index is 3.30. The summed E-state index contributed by atoms with van der Waals surface area (Å²) in [6.07, 6.45) is 0.428. The molecule has 1 rings (SSSR count). The van der Waals surface area contributed by atoms with Gasteiger partial charge in [0.1, 0.15) is 17.9 Å². The molecule has 0 spiro atoms. The molecule has 0 aromatic heterocycles. The van der Waals surface area contributed by atoms with Crippen LogP contribution in [0.25, 0.3) is 0 Å². The van der Waals surface area contributed by atoms with Crippen molar-refractivity contribution >= 4 is 14.6 Å². The summed E-state index contributed by atoms with van der Waals surface area (Å²) < 4.78 is 34.5. The molecule has 0 saturated heterocycles. The standard InChI is InChI=1S/C17H26F2O2Si/c1-11(2)22(12(3)4,13(5)6)21-17-10-15(18)14(7-8-20)9-16(17)19/h8-13H,7H2,1-6H3. The van der Waals surface area contributed by atoms with Crippen molar-refractivity contribution in [2.75, 3.05) is 0 Å². The molecular formula is C17H26F2O2Si. The summed E-state index contributed by atoms with van der Waals surface area (Å²) in [7, 11) is -2.33. The van der Waals surface area contributed by atoms with E-state index in [1.54, 1.807) is 0 Å². The first-order valence-corrected chi connectivity index (χ1v) is 9.91. The van der Waals surface area contributed by atoms with Gasteiger partial charge in [-0.25, -0.2) is 8.78 Å². The van der Waals surface area contributed by atoms with Crippen LogP contribution in [-0.2, 0) is 11.2 Å². The fraction of sp³-hybridized carbons (Fsp3) is 0.588. The van der Waals surface area contributed by atoms with E-state index < -0.39 is 20.0 Å². The summed E-state index contributed by atoms with van der Waals surface area (Å²) in [5.74, 6) is -1.23. The highest BCUT2D eigenvalue weighted by atomic mass is 28.4. The van der Waals surface area contributed by atoms with Crippen molar-refractivity contribution in [3.05, 3.63) is 29.3 Å². The van der Waals surface area contributed by atoms with Gasteiger partial charge in [-0.05, 0) is 28.3 Å². The molecule has 0 amide bonds. The highest BCUT2D eigenvalue weighted by molar-refractivity contribution is 6.78. The van der Waals surface area contributed by atoms with Gasteiger partial charge < -0.3 is 9.22 Å². The van der Waals surface area contributed by atoms with Crippen LogP contribution in [-0.4, -0.2) is 14.6 Å². The molecule has 0 fully saturated rings. The van der Waals surface area contributed by atoms with Crippen molar-refractivity contribution in [1.29, 1.82) is 0 Å². The molecule has 0 aliphatic carbocycles. The quantitative estimate of drug-likeness (QED) is 0.504. The number of hydrogen-bond acceptors (Lipinski definition) is 2. The second-order valence-electron chi connectivity index (χ2n) is 6.66. The van der Waals surface area contributed by atoms with Crippen LogP contribution in [0.1, 0.15) is 47.1 Å². The van der Waals surface area contributed by atoms with Crippen molar-refractivity contribution < 1.29 is 18.0 Å². The molecule has 124 valence electrons. The molecule has 0 atom stereocenters. The molecule has 2 nitrogen and oxygen atoms in total. The zero-order valence-electron chi connectivity index (χ0n) is 14.2. The van der Waals surface area contributed by atoms with E-state index in [0.717, 1.165) is 12.1 Å². The average molecular weight is 328 g/mol. The van der Waals surface area contributed by atoms with Gasteiger partial charge in [0.25, 0.3) is 8.32 Å². The van der Waals surface area contributed by atoms with Gasteiger partial charge in [-0.2, -0.15) is 0 Å². The molecule has 1 aromatic carbocycles. The van der Waals surface area contributed by atoms with E-state index in [9.17, 15) is 13.6 Å². The van der Waals surface area contributed by atoms with Gasteiger partial charge >= 0.3 is 0 Å². The van der Waals surface area contributed by atoms with E-state index in [-0.39, 0.29) is 34.4 Å². The first-order valence-electron chi connectivity index (χ1n) is 7.77. The Kier molecular flexibility index (Phi) is 6.29. The van der Waals surface area contributed by atoms with Gasteiger partial charge in [0.05, 0.1) is 0 Å². The summed E-state index contributed by atoms with van der Waals surface area (Å²) in [6, 6.07) is 2.16. The zero-order valence-corrected chi connectivity index (χ0v) is 15.2. The van der Waals surface area contributed by atoms with Crippen LogP contribution >= 0.6 is 0 Å². The minimum Gasteiger partial charge on any atom is -0.541 e. The molecule has 0 bridgehead atoms. The molecule has 0 N–H and O–H groups in total. The monoisotopic (exact) mass is 328 g/mol. The van der Waals surface area contributed by atoms with Crippen LogP contribution in [0, 0.1) is 11.6 Å². The van der Waals surface area contributed by atoms with E-state index in [2.05, 4.69) is 41.5 Å². The van der Waals surface area contributed by atoms with Gasteiger partial charge in [0.15, 0.2) is 5.82 Å². The third-order valence-corrected chi connectivity index (χ3v) is 10.4. The first kappa shape index (κ1) is 18.8. The zero-order chi connectivity index (χ0) is 17.1. The van der Waals surface area contributed by atoms with Crippen LogP contribution in [0.4, 0.5) is 8.78 Å². The van der Waals surface area contributed by atoms with Crippen molar-refractivity contribution in [3.63, 3.8) is 0 Å². The van der Waals surface area contributed by atoms with Crippen LogP contribution in [0.15, 0.2) is 12.1 Å². The SMILES string of the molecule is CC(C)[Si](Oc1cc(F)c(CC=O)cc1F)(C(C)C)C(C)C. The maximum absolute atomic E-state index is 14.3. The molecule has 22 heavy (non-hydrogen) atoms. The Hall–Kier alpha value is -1.23. The lowest BCUT2D eigenvalue weighted by Gasteiger charge is -2.42. The van der Waals surface area contributed by atoms with Crippen LogP contribution in [0.5, 0.6) is 5.75 Å². The summed E-state index contributed by atoms with van der Waals surface area (Å²) >= 11 is 0. The third kappa shape index (κ3) is 3.56. The van der Waals surface area contributed by atoms with Gasteiger partial charge in [0.2, 0.25) is 0 Å². The molecule has 0 radical (unpaired) electrons. The molecule has 0 aliphatic heterocycles. The summed E-state index contributed by atoms with van der Waals surface area (Å²) in [5, 5.41) is 0. The third-order valence-electron chi connectivity index (χ3n) is 4.40. The summed E-state index contributed by atoms with van der Waals surface area (Å²) in [6.45, 7) is 12.5. The van der Waals surface area contributed by atoms with Crippen molar-refractivity contribution in [3.8, 4) is 5.75 Å². The van der Waals surface area contributed by atoms with Gasteiger partial charge in [0, 0.05) is 12.5 Å². The molecular weight excluding hydrogens is 302 g/mol. The molecule has 0 unspecified atom stereocenters. The van der Waals surface area contributed by atoms with E-state index in [1.807, 2.05) is 0 Å². The predicted octanol–water partition coefficient (Wildman–Crippen LogP) is 5.26. The average Bonchev–Trinajstić information content (AvgIpc) is 2.39. The van der Waals surface area contributed by atoms with Gasteiger partial charge in [-0.15, -0.1) is 0 Å². The highest BCUT2D eigenvalue weighted by Crippen LogP contribution is 2.43. The Morgan fingerprint density at radius 3 is 1.91 bits per heavy atom. The van der Waals surface area contributed by atoms with E-state index in [4.69, 9.17) is 4.43 Å². The second-order valence-corrected chi connectivity index (χ2v) is 12.0. The molecule has 1 aromatic rings. The van der Waals surface area contributed by atoms with Crippen molar-refractivity contribution in [1.82, 2.24) is 0 Å². The molecule has 0 saturated carbocycles. The number of benzene rings is 1. The summed E-state index contributed by atoms with van der Waals surface area (Å²) in [4.78, 5) is 10.5. The predicted molar refractivity (Wildman–Crippen MR) is 87.8 cm³/mol. The minimum absolute atomic E-state index is 0.0325. The maximum atomic E-state index is 14.3. The number of hydrogen-bond donors (Lipinski definition) is 0. The fourth-order valence-corrected chi connectivity index (χ4v) is 8.68. The highest BCUT2D eigenvalue weighted by Gasteiger charge is 2.47. The number of rotatable bonds is 7. The Bertz CT molecular complexity index is 506. The Morgan fingerprint density at radius 2 is 1.50 bits per heavy atom.